The summed E-state index contributed by atoms with van der Waals surface area (Å²) in [6.07, 6.45) is -2.36. The number of alkyl halides is 3. The van der Waals surface area contributed by atoms with Gasteiger partial charge in [0.25, 0.3) is 10.1 Å². The number of nitrogens with zero attached hydrogens (tertiary/aromatic N) is 2. The van der Waals surface area contributed by atoms with E-state index in [2.05, 4.69) is 9.17 Å². The van der Waals surface area contributed by atoms with E-state index in [1.165, 1.54) is 0 Å². The second-order valence-corrected chi connectivity index (χ2v) is 5.58. The average Bonchev–Trinajstić information content (AvgIpc) is 2.37. The molecule has 0 amide bonds. The number of likely N-dealkylation sites (N-methyl/N-ethyl adjacent to an activating group) is 1. The molecule has 1 N–H and O–H groups in total. The summed E-state index contributed by atoms with van der Waals surface area (Å²) in [6, 6.07) is 5.54. The summed E-state index contributed by atoms with van der Waals surface area (Å²) in [4.78, 5) is 14.8. The van der Waals surface area contributed by atoms with Crippen LogP contribution in [0.4, 0.5) is 19.0 Å². The number of carbonyl (C=O) groups is 1. The highest BCUT2D eigenvalue weighted by molar-refractivity contribution is 7.85. The molecule has 0 atom stereocenters. The van der Waals surface area contributed by atoms with Crippen LogP contribution in [0.3, 0.4) is 0 Å². The second-order valence-electron chi connectivity index (χ2n) is 3.94. The molecule has 1 rings (SSSR count). The van der Waals surface area contributed by atoms with Crippen molar-refractivity contribution in [3.8, 4) is 0 Å². The lowest BCUT2D eigenvalue weighted by atomic mass is 10.4. The number of hydrogen-bond donors (Lipinski definition) is 1. The lowest BCUT2D eigenvalue weighted by Crippen LogP contribution is -2.24. The van der Waals surface area contributed by atoms with Gasteiger partial charge in [0.1, 0.15) is 5.82 Å². The molecule has 126 valence electrons. The number of carboxylic acids is 1. The predicted molar refractivity (Wildman–Crippen MR) is 72.0 cm³/mol. The van der Waals surface area contributed by atoms with E-state index < -0.39 is 22.3 Å². The Morgan fingerprint density at radius 1 is 1.41 bits per heavy atom. The fourth-order valence-corrected chi connectivity index (χ4v) is 1.40. The molecule has 1 aromatic heterocycles. The molecule has 0 spiro atoms. The van der Waals surface area contributed by atoms with Gasteiger partial charge < -0.3 is 10.0 Å². The van der Waals surface area contributed by atoms with Crippen molar-refractivity contribution in [2.75, 3.05) is 31.4 Å². The van der Waals surface area contributed by atoms with Crippen LogP contribution in [0.5, 0.6) is 0 Å². The summed E-state index contributed by atoms with van der Waals surface area (Å²) in [5.41, 5.74) is 0. The van der Waals surface area contributed by atoms with Crippen LogP contribution >= 0.6 is 0 Å². The van der Waals surface area contributed by atoms with E-state index in [9.17, 15) is 21.6 Å². The molecule has 0 saturated heterocycles. The minimum atomic E-state index is -5.08. The summed E-state index contributed by atoms with van der Waals surface area (Å²) in [5, 5.41) is 7.12. The number of halogens is 3. The van der Waals surface area contributed by atoms with Gasteiger partial charge in [-0.3, -0.25) is 4.18 Å². The van der Waals surface area contributed by atoms with Gasteiger partial charge in [0.05, 0.1) is 12.9 Å². The van der Waals surface area contributed by atoms with Crippen molar-refractivity contribution < 1.29 is 35.7 Å². The first-order chi connectivity index (χ1) is 9.93. The Hall–Kier alpha value is -1.88. The zero-order valence-electron chi connectivity index (χ0n) is 11.7. The fraction of sp³-hybridized carbons (Fsp3) is 0.455. The SMILES string of the molecule is CN(CCOS(C)(=O)=O)c1ccccn1.O=C(O)C(F)(F)F. The van der Waals surface area contributed by atoms with Gasteiger partial charge in [-0.25, -0.2) is 9.78 Å². The normalized spacial score (nSPS) is 11.3. The van der Waals surface area contributed by atoms with Crippen LogP contribution < -0.4 is 4.90 Å². The largest absolute Gasteiger partial charge is 0.490 e. The fourth-order valence-electron chi connectivity index (χ4n) is 1.02. The van der Waals surface area contributed by atoms with Gasteiger partial charge in [0.2, 0.25) is 0 Å². The summed E-state index contributed by atoms with van der Waals surface area (Å²) in [7, 11) is -1.52. The third-order valence-electron chi connectivity index (χ3n) is 2.01. The third kappa shape index (κ3) is 9.94. The highest BCUT2D eigenvalue weighted by atomic mass is 32.2. The Labute approximate surface area is 125 Å². The van der Waals surface area contributed by atoms with Crippen LogP contribution in [0.15, 0.2) is 24.4 Å². The quantitative estimate of drug-likeness (QED) is 0.800. The number of rotatable bonds is 5. The minimum absolute atomic E-state index is 0.131. The van der Waals surface area contributed by atoms with Crippen molar-refractivity contribution >= 4 is 21.9 Å². The van der Waals surface area contributed by atoms with E-state index in [0.717, 1.165) is 12.1 Å². The molecule has 0 aromatic carbocycles. The van der Waals surface area contributed by atoms with E-state index in [-0.39, 0.29) is 6.61 Å². The van der Waals surface area contributed by atoms with E-state index >= 15 is 0 Å². The van der Waals surface area contributed by atoms with Crippen molar-refractivity contribution in [1.82, 2.24) is 4.98 Å². The van der Waals surface area contributed by atoms with Crippen LogP contribution in [-0.2, 0) is 19.1 Å². The molecule has 0 radical (unpaired) electrons. The lowest BCUT2D eigenvalue weighted by molar-refractivity contribution is -0.192. The summed E-state index contributed by atoms with van der Waals surface area (Å²) < 4.78 is 57.7. The monoisotopic (exact) mass is 344 g/mol. The first kappa shape index (κ1) is 20.1. The van der Waals surface area contributed by atoms with Crippen molar-refractivity contribution in [2.24, 2.45) is 0 Å². The average molecular weight is 344 g/mol. The molecule has 0 unspecified atom stereocenters. The van der Waals surface area contributed by atoms with E-state index in [4.69, 9.17) is 9.90 Å². The van der Waals surface area contributed by atoms with Crippen LogP contribution in [0.2, 0.25) is 0 Å². The number of pyridine rings is 1. The number of carboxylic acid groups (broad SMARTS) is 1. The molecule has 22 heavy (non-hydrogen) atoms. The van der Waals surface area contributed by atoms with Gasteiger partial charge >= 0.3 is 12.1 Å². The Morgan fingerprint density at radius 2 is 1.95 bits per heavy atom. The smallest absolute Gasteiger partial charge is 0.475 e. The number of anilines is 1. The molecular weight excluding hydrogens is 329 g/mol. The van der Waals surface area contributed by atoms with Gasteiger partial charge in [-0.05, 0) is 12.1 Å². The maximum atomic E-state index is 10.7. The van der Waals surface area contributed by atoms with Gasteiger partial charge in [0, 0.05) is 19.8 Å². The Balaban J connectivity index is 0.000000534. The third-order valence-corrected chi connectivity index (χ3v) is 2.60. The first-order valence-corrected chi connectivity index (χ1v) is 7.52. The summed E-state index contributed by atoms with van der Waals surface area (Å²) in [6.45, 7) is 0.607. The zero-order valence-corrected chi connectivity index (χ0v) is 12.6. The van der Waals surface area contributed by atoms with Gasteiger partial charge in [-0.2, -0.15) is 21.6 Å². The Morgan fingerprint density at radius 3 is 2.32 bits per heavy atom. The molecule has 7 nitrogen and oxygen atoms in total. The summed E-state index contributed by atoms with van der Waals surface area (Å²) >= 11 is 0. The highest BCUT2D eigenvalue weighted by Crippen LogP contribution is 2.13. The molecular formula is C11H15F3N2O5S. The van der Waals surface area contributed by atoms with Crippen molar-refractivity contribution in [3.05, 3.63) is 24.4 Å². The van der Waals surface area contributed by atoms with Crippen molar-refractivity contribution in [1.29, 1.82) is 0 Å². The lowest BCUT2D eigenvalue weighted by Gasteiger charge is -2.16. The molecule has 0 aliphatic heterocycles. The summed E-state index contributed by atoms with van der Waals surface area (Å²) in [5.74, 6) is -1.97. The highest BCUT2D eigenvalue weighted by Gasteiger charge is 2.38. The zero-order chi connectivity index (χ0) is 17.4. The molecule has 0 fully saturated rings. The Bertz CT molecular complexity index is 563. The molecule has 11 heteroatoms. The van der Waals surface area contributed by atoms with E-state index in [1.54, 1.807) is 6.20 Å². The number of aromatic nitrogens is 1. The van der Waals surface area contributed by atoms with Crippen LogP contribution in [0, 0.1) is 0 Å². The Kier molecular flexibility index (Phi) is 7.81. The molecule has 0 bridgehead atoms. The minimum Gasteiger partial charge on any atom is -0.475 e. The number of hydrogen-bond acceptors (Lipinski definition) is 6. The topological polar surface area (TPSA) is 96.8 Å². The molecule has 0 saturated carbocycles. The van der Waals surface area contributed by atoms with Crippen LogP contribution in [0.1, 0.15) is 0 Å². The van der Waals surface area contributed by atoms with Gasteiger partial charge in [-0.15, -0.1) is 0 Å². The van der Waals surface area contributed by atoms with Gasteiger partial charge in [0.15, 0.2) is 0 Å². The van der Waals surface area contributed by atoms with E-state index in [0.29, 0.717) is 6.54 Å². The molecule has 1 heterocycles. The van der Waals surface area contributed by atoms with Crippen LogP contribution in [-0.4, -0.2) is 57.1 Å². The first-order valence-electron chi connectivity index (χ1n) is 5.70. The maximum Gasteiger partial charge on any atom is 0.490 e. The predicted octanol–water partition coefficient (Wildman–Crippen LogP) is 1.13. The maximum absolute atomic E-state index is 10.7. The van der Waals surface area contributed by atoms with Crippen molar-refractivity contribution in [3.63, 3.8) is 0 Å². The number of aliphatic carboxylic acids is 1. The van der Waals surface area contributed by atoms with Crippen LogP contribution in [0.25, 0.3) is 0 Å². The second kappa shape index (κ2) is 8.54. The van der Waals surface area contributed by atoms with E-state index in [1.807, 2.05) is 30.1 Å². The molecule has 1 aromatic rings. The molecule has 0 aliphatic carbocycles. The molecule has 0 aliphatic rings. The van der Waals surface area contributed by atoms with Crippen molar-refractivity contribution in [2.45, 2.75) is 6.18 Å². The standard InChI is InChI=1S/C9H14N2O3S.C2HF3O2/c1-11(7-8-14-15(2,12)13)9-5-3-4-6-10-9;3-2(4,5)1(6)7/h3-6H,7-8H2,1-2H3;(H,6,7). The van der Waals surface area contributed by atoms with Gasteiger partial charge in [-0.1, -0.05) is 6.07 Å².